The van der Waals surface area contributed by atoms with Gasteiger partial charge in [-0.05, 0) is 31.2 Å². The minimum absolute atomic E-state index is 0.0656. The van der Waals surface area contributed by atoms with Gasteiger partial charge < -0.3 is 30.2 Å². The lowest BCUT2D eigenvalue weighted by Crippen LogP contribution is -2.33. The fourth-order valence-electron chi connectivity index (χ4n) is 2.50. The van der Waals surface area contributed by atoms with E-state index in [-0.39, 0.29) is 19.8 Å². The number of urea groups is 1. The van der Waals surface area contributed by atoms with E-state index in [1.165, 1.54) is 6.92 Å². The zero-order valence-corrected chi connectivity index (χ0v) is 15.8. The van der Waals surface area contributed by atoms with Crippen molar-refractivity contribution in [3.8, 4) is 11.5 Å². The summed E-state index contributed by atoms with van der Waals surface area (Å²) in [6.07, 6.45) is -1.06. The van der Waals surface area contributed by atoms with Crippen molar-refractivity contribution >= 4 is 29.3 Å². The van der Waals surface area contributed by atoms with Crippen molar-refractivity contribution < 1.29 is 28.6 Å². The van der Waals surface area contributed by atoms with Crippen molar-refractivity contribution in [1.29, 1.82) is 0 Å². The number of fused-ring (bicyclic) bond motifs is 1. The monoisotopic (exact) mass is 399 g/mol. The predicted molar refractivity (Wildman–Crippen MR) is 105 cm³/mol. The van der Waals surface area contributed by atoms with Crippen LogP contribution in [-0.2, 0) is 14.3 Å². The molecule has 3 amide bonds. The van der Waals surface area contributed by atoms with Gasteiger partial charge in [-0.1, -0.05) is 18.2 Å². The second-order valence-electron chi connectivity index (χ2n) is 6.19. The summed E-state index contributed by atoms with van der Waals surface area (Å²) in [4.78, 5) is 35.8. The Hall–Kier alpha value is -3.75. The first-order valence-corrected chi connectivity index (χ1v) is 9.01. The van der Waals surface area contributed by atoms with Crippen LogP contribution in [0.2, 0.25) is 0 Å². The van der Waals surface area contributed by atoms with Crippen LogP contribution in [0.5, 0.6) is 11.5 Å². The van der Waals surface area contributed by atoms with Gasteiger partial charge in [-0.25, -0.2) is 4.79 Å². The summed E-state index contributed by atoms with van der Waals surface area (Å²) >= 11 is 0. The van der Waals surface area contributed by atoms with E-state index in [0.29, 0.717) is 22.9 Å². The number of hydrogen-bond acceptors (Lipinski definition) is 6. The molecule has 0 aliphatic carbocycles. The van der Waals surface area contributed by atoms with E-state index in [1.807, 2.05) is 6.07 Å². The minimum Gasteiger partial charge on any atom is -0.454 e. The molecule has 2 aromatic carbocycles. The Balaban J connectivity index is 1.37. The fraction of sp³-hybridized carbons (Fsp3) is 0.250. The van der Waals surface area contributed by atoms with Gasteiger partial charge in [-0.3, -0.25) is 9.59 Å². The number of amides is 3. The van der Waals surface area contributed by atoms with Crippen molar-refractivity contribution in [3.05, 3.63) is 48.5 Å². The van der Waals surface area contributed by atoms with Gasteiger partial charge in [0.25, 0.3) is 5.91 Å². The van der Waals surface area contributed by atoms with Crippen LogP contribution in [0.3, 0.4) is 0 Å². The zero-order valence-electron chi connectivity index (χ0n) is 15.8. The molecule has 0 bridgehead atoms. The SMILES string of the molecule is C[C@H](OC(=O)CCNC(=O)Nc1ccccc1)C(=O)Nc1ccc2c(c1)OCO2. The maximum absolute atomic E-state index is 12.2. The molecule has 0 saturated heterocycles. The number of benzene rings is 2. The summed E-state index contributed by atoms with van der Waals surface area (Å²) in [5.41, 5.74) is 1.14. The molecule has 0 aromatic heterocycles. The molecule has 9 nitrogen and oxygen atoms in total. The molecule has 1 heterocycles. The van der Waals surface area contributed by atoms with E-state index in [2.05, 4.69) is 16.0 Å². The quantitative estimate of drug-likeness (QED) is 0.616. The zero-order chi connectivity index (χ0) is 20.6. The van der Waals surface area contributed by atoms with Gasteiger partial charge in [0, 0.05) is 24.0 Å². The molecule has 0 radical (unpaired) electrons. The lowest BCUT2D eigenvalue weighted by molar-refractivity contribution is -0.153. The van der Waals surface area contributed by atoms with E-state index in [4.69, 9.17) is 14.2 Å². The van der Waals surface area contributed by atoms with Gasteiger partial charge >= 0.3 is 12.0 Å². The topological polar surface area (TPSA) is 115 Å². The lowest BCUT2D eigenvalue weighted by atomic mass is 10.2. The van der Waals surface area contributed by atoms with Gasteiger partial charge in [0.2, 0.25) is 6.79 Å². The highest BCUT2D eigenvalue weighted by molar-refractivity contribution is 5.95. The maximum Gasteiger partial charge on any atom is 0.319 e. The van der Waals surface area contributed by atoms with Crippen molar-refractivity contribution in [2.24, 2.45) is 0 Å². The molecule has 1 aliphatic rings. The summed E-state index contributed by atoms with van der Waals surface area (Å²) in [6, 6.07) is 13.5. The Labute approximate surface area is 167 Å². The van der Waals surface area contributed by atoms with Crippen LogP contribution in [0.25, 0.3) is 0 Å². The third-order valence-electron chi connectivity index (χ3n) is 3.96. The van der Waals surface area contributed by atoms with Gasteiger partial charge in [0.05, 0.1) is 6.42 Å². The highest BCUT2D eigenvalue weighted by Crippen LogP contribution is 2.34. The largest absolute Gasteiger partial charge is 0.454 e. The first-order valence-electron chi connectivity index (χ1n) is 9.01. The van der Waals surface area contributed by atoms with E-state index >= 15 is 0 Å². The first-order chi connectivity index (χ1) is 14.0. The maximum atomic E-state index is 12.2. The molecule has 3 rings (SSSR count). The lowest BCUT2D eigenvalue weighted by Gasteiger charge is -2.14. The van der Waals surface area contributed by atoms with Gasteiger partial charge in [0.1, 0.15) is 0 Å². The summed E-state index contributed by atoms with van der Waals surface area (Å²) in [5, 5.41) is 7.83. The molecule has 1 aliphatic heterocycles. The Bertz CT molecular complexity index is 887. The molecule has 152 valence electrons. The van der Waals surface area contributed by atoms with Crippen molar-refractivity contribution in [2.45, 2.75) is 19.4 Å². The number of esters is 1. The van der Waals surface area contributed by atoms with Crippen LogP contribution in [0.4, 0.5) is 16.2 Å². The van der Waals surface area contributed by atoms with Crippen molar-refractivity contribution in [1.82, 2.24) is 5.32 Å². The average Bonchev–Trinajstić information content (AvgIpc) is 3.16. The normalized spacial score (nSPS) is 12.6. The Kier molecular flexibility index (Phi) is 6.51. The van der Waals surface area contributed by atoms with Crippen molar-refractivity contribution in [3.63, 3.8) is 0 Å². The van der Waals surface area contributed by atoms with Crippen molar-refractivity contribution in [2.75, 3.05) is 24.0 Å². The molecular formula is C20H21N3O6. The number of carbonyl (C=O) groups excluding carboxylic acids is 3. The molecule has 0 unspecified atom stereocenters. The van der Waals surface area contributed by atoms with E-state index in [0.717, 1.165) is 0 Å². The molecule has 2 aromatic rings. The third kappa shape index (κ3) is 5.86. The smallest absolute Gasteiger partial charge is 0.319 e. The van der Waals surface area contributed by atoms with Crippen LogP contribution in [0.15, 0.2) is 48.5 Å². The Morgan fingerprint density at radius 3 is 2.55 bits per heavy atom. The number of nitrogens with one attached hydrogen (secondary N) is 3. The molecule has 3 N–H and O–H groups in total. The molecule has 1 atom stereocenters. The second kappa shape index (κ2) is 9.45. The number of rotatable bonds is 7. The van der Waals surface area contributed by atoms with E-state index in [9.17, 15) is 14.4 Å². The molecule has 29 heavy (non-hydrogen) atoms. The Morgan fingerprint density at radius 2 is 1.76 bits per heavy atom. The highest BCUT2D eigenvalue weighted by atomic mass is 16.7. The van der Waals surface area contributed by atoms with Crippen LogP contribution in [0, 0.1) is 0 Å². The minimum atomic E-state index is -0.994. The van der Waals surface area contributed by atoms with Gasteiger partial charge in [-0.2, -0.15) is 0 Å². The van der Waals surface area contributed by atoms with Crippen LogP contribution < -0.4 is 25.4 Å². The predicted octanol–water partition coefficient (Wildman–Crippen LogP) is 2.50. The fourth-order valence-corrected chi connectivity index (χ4v) is 2.50. The standard InChI is InChI=1S/C20H21N3O6/c1-13(19(25)22-15-7-8-16-17(11-15)28-12-27-16)29-18(24)9-10-21-20(26)23-14-5-3-2-4-6-14/h2-8,11,13H,9-10,12H2,1H3,(H,22,25)(H2,21,23,26)/t13-/m0/s1. The molecule has 0 fully saturated rings. The summed E-state index contributed by atoms with van der Waals surface area (Å²) < 4.78 is 15.6. The van der Waals surface area contributed by atoms with Gasteiger partial charge in [0.15, 0.2) is 17.6 Å². The molecule has 0 saturated carbocycles. The number of para-hydroxylation sites is 1. The number of anilines is 2. The first kappa shape index (κ1) is 20.0. The summed E-state index contributed by atoms with van der Waals surface area (Å²) in [6.45, 7) is 1.68. The molecule has 9 heteroatoms. The van der Waals surface area contributed by atoms with Gasteiger partial charge in [-0.15, -0.1) is 0 Å². The average molecular weight is 399 g/mol. The van der Waals surface area contributed by atoms with E-state index in [1.54, 1.807) is 42.5 Å². The molecular weight excluding hydrogens is 378 g/mol. The number of carbonyl (C=O) groups is 3. The van der Waals surface area contributed by atoms with Crippen LogP contribution >= 0.6 is 0 Å². The highest BCUT2D eigenvalue weighted by Gasteiger charge is 2.19. The molecule has 0 spiro atoms. The second-order valence-corrected chi connectivity index (χ2v) is 6.19. The number of hydrogen-bond donors (Lipinski definition) is 3. The third-order valence-corrected chi connectivity index (χ3v) is 3.96. The van der Waals surface area contributed by atoms with Crippen LogP contribution in [0.1, 0.15) is 13.3 Å². The van der Waals surface area contributed by atoms with E-state index < -0.39 is 24.0 Å². The summed E-state index contributed by atoms with van der Waals surface area (Å²) in [5.74, 6) is 0.0592. The van der Waals surface area contributed by atoms with Crippen LogP contribution in [-0.4, -0.2) is 37.3 Å². The number of ether oxygens (including phenoxy) is 3. The summed E-state index contributed by atoms with van der Waals surface area (Å²) in [7, 11) is 0. The Morgan fingerprint density at radius 1 is 1.00 bits per heavy atom.